The summed E-state index contributed by atoms with van der Waals surface area (Å²) in [7, 11) is -1.59. The van der Waals surface area contributed by atoms with E-state index in [9.17, 15) is 18.0 Å². The first-order chi connectivity index (χ1) is 16.6. The van der Waals surface area contributed by atoms with Crippen molar-refractivity contribution < 1.29 is 27.6 Å². The Morgan fingerprint density at radius 2 is 2.00 bits per heavy atom. The Morgan fingerprint density at radius 3 is 2.63 bits per heavy atom. The molecule has 0 bridgehead atoms. The van der Waals surface area contributed by atoms with Crippen LogP contribution in [-0.4, -0.2) is 63.2 Å². The molecule has 11 heteroatoms. The van der Waals surface area contributed by atoms with Crippen LogP contribution in [0.3, 0.4) is 0 Å². The number of nitrogens with one attached hydrogen (secondary N) is 1. The molecule has 2 atom stereocenters. The number of amides is 1. The van der Waals surface area contributed by atoms with E-state index in [1.807, 2.05) is 6.07 Å². The summed E-state index contributed by atoms with van der Waals surface area (Å²) >= 11 is 0. The van der Waals surface area contributed by atoms with Crippen LogP contribution in [0.5, 0.6) is 0 Å². The van der Waals surface area contributed by atoms with Crippen LogP contribution in [0.25, 0.3) is 0 Å². The molecule has 0 aliphatic carbocycles. The highest BCUT2D eigenvalue weighted by Crippen LogP contribution is 2.20. The summed E-state index contributed by atoms with van der Waals surface area (Å²) in [6.45, 7) is 1.49. The standard InChI is InChI=1S/C24H26N4O6S/c1-16-5-4-6-20(11-16)35(31,32)28(2)22(24(30)33-3)15-26-23(29)13-19-12-21(27-34-19)18-9-7-17(14-25)8-10-18/h4-11,19,22H,12-13,15H2,1-3H3,(H,26,29)/t19-,22+/m1/s1. The number of likely N-dealkylation sites (N-methyl/N-ethyl adjacent to an activating group) is 1. The number of sulfonamides is 1. The number of esters is 1. The molecule has 10 nitrogen and oxygen atoms in total. The van der Waals surface area contributed by atoms with Crippen molar-refractivity contribution in [1.82, 2.24) is 9.62 Å². The first-order valence-electron chi connectivity index (χ1n) is 10.8. The van der Waals surface area contributed by atoms with E-state index < -0.39 is 34.0 Å². The number of nitrogens with zero attached hydrogens (tertiary/aromatic N) is 3. The van der Waals surface area contributed by atoms with Crippen molar-refractivity contribution in [2.75, 3.05) is 20.7 Å². The fourth-order valence-corrected chi connectivity index (χ4v) is 4.95. The number of carbonyl (C=O) groups is 2. The summed E-state index contributed by atoms with van der Waals surface area (Å²) in [5, 5.41) is 15.5. The molecule has 0 unspecified atom stereocenters. The van der Waals surface area contributed by atoms with Gasteiger partial charge in [-0.25, -0.2) is 8.42 Å². The fourth-order valence-electron chi connectivity index (χ4n) is 3.54. The molecular formula is C24H26N4O6S. The molecule has 0 radical (unpaired) electrons. The number of rotatable bonds is 9. The second-order valence-electron chi connectivity index (χ2n) is 8.04. The van der Waals surface area contributed by atoms with Gasteiger partial charge in [-0.3, -0.25) is 9.59 Å². The Bertz CT molecular complexity index is 1270. The highest BCUT2D eigenvalue weighted by Gasteiger charge is 2.34. The van der Waals surface area contributed by atoms with Gasteiger partial charge < -0.3 is 14.9 Å². The zero-order chi connectivity index (χ0) is 25.6. The molecule has 1 aliphatic rings. The molecule has 1 amide bonds. The lowest BCUT2D eigenvalue weighted by Crippen LogP contribution is -2.50. The van der Waals surface area contributed by atoms with E-state index in [2.05, 4.69) is 10.5 Å². The Hall–Kier alpha value is -3.75. The number of ether oxygens (including phenoxy) is 1. The van der Waals surface area contributed by atoms with Crippen LogP contribution in [0.2, 0.25) is 0 Å². The van der Waals surface area contributed by atoms with E-state index in [-0.39, 0.29) is 17.9 Å². The predicted molar refractivity (Wildman–Crippen MR) is 127 cm³/mol. The van der Waals surface area contributed by atoms with Crippen molar-refractivity contribution in [3.05, 3.63) is 65.2 Å². The van der Waals surface area contributed by atoms with Crippen LogP contribution >= 0.6 is 0 Å². The Balaban J connectivity index is 1.60. The van der Waals surface area contributed by atoms with Gasteiger partial charge in [-0.1, -0.05) is 29.4 Å². The summed E-state index contributed by atoms with van der Waals surface area (Å²) in [6.07, 6.45) is -0.154. The van der Waals surface area contributed by atoms with Crippen LogP contribution in [0.1, 0.15) is 29.5 Å². The number of oxime groups is 1. The lowest BCUT2D eigenvalue weighted by atomic mass is 10.0. The molecule has 3 rings (SSSR count). The second kappa shape index (κ2) is 11.1. The third-order valence-electron chi connectivity index (χ3n) is 5.56. The number of methoxy groups -OCH3 is 1. The van der Waals surface area contributed by atoms with Crippen LogP contribution in [0.4, 0.5) is 0 Å². The van der Waals surface area contributed by atoms with Gasteiger partial charge in [-0.05, 0) is 42.3 Å². The van der Waals surface area contributed by atoms with E-state index in [1.54, 1.807) is 43.3 Å². The molecule has 0 aromatic heterocycles. The third kappa shape index (κ3) is 6.23. The van der Waals surface area contributed by atoms with Crippen molar-refractivity contribution in [3.63, 3.8) is 0 Å². The first-order valence-corrected chi connectivity index (χ1v) is 12.2. The van der Waals surface area contributed by atoms with Crippen molar-refractivity contribution >= 4 is 27.6 Å². The summed E-state index contributed by atoms with van der Waals surface area (Å²) in [6, 6.07) is 14.0. The van der Waals surface area contributed by atoms with Gasteiger partial charge >= 0.3 is 5.97 Å². The largest absolute Gasteiger partial charge is 0.468 e. The quantitative estimate of drug-likeness (QED) is 0.520. The molecule has 0 spiro atoms. The molecule has 184 valence electrons. The zero-order valence-electron chi connectivity index (χ0n) is 19.6. The topological polar surface area (TPSA) is 138 Å². The molecule has 1 N–H and O–H groups in total. The maximum atomic E-state index is 13.0. The number of aryl methyl sites for hydroxylation is 1. The summed E-state index contributed by atoms with van der Waals surface area (Å²) in [4.78, 5) is 30.3. The van der Waals surface area contributed by atoms with Crippen molar-refractivity contribution in [2.24, 2.45) is 5.16 Å². The van der Waals surface area contributed by atoms with Gasteiger partial charge in [-0.2, -0.15) is 9.57 Å². The zero-order valence-corrected chi connectivity index (χ0v) is 20.4. The number of carbonyl (C=O) groups excluding carboxylic acids is 2. The van der Waals surface area contributed by atoms with Crippen LogP contribution < -0.4 is 5.32 Å². The van der Waals surface area contributed by atoms with Crippen LogP contribution in [0, 0.1) is 18.3 Å². The number of hydrogen-bond donors (Lipinski definition) is 1. The van der Waals surface area contributed by atoms with Crippen molar-refractivity contribution in [2.45, 2.75) is 36.8 Å². The lowest BCUT2D eigenvalue weighted by molar-refractivity contribution is -0.144. The molecule has 1 aliphatic heterocycles. The van der Waals surface area contributed by atoms with Gasteiger partial charge in [-0.15, -0.1) is 0 Å². The molecule has 2 aromatic rings. The van der Waals surface area contributed by atoms with Gasteiger partial charge in [0.05, 0.1) is 35.8 Å². The monoisotopic (exact) mass is 498 g/mol. The molecule has 0 saturated carbocycles. The molecule has 35 heavy (non-hydrogen) atoms. The highest BCUT2D eigenvalue weighted by atomic mass is 32.2. The van der Waals surface area contributed by atoms with Gasteiger partial charge in [0.1, 0.15) is 12.1 Å². The normalized spacial score (nSPS) is 16.1. The molecule has 1 heterocycles. The molecule has 2 aromatic carbocycles. The van der Waals surface area contributed by atoms with Crippen LogP contribution in [-0.2, 0) is 29.2 Å². The molecule has 0 fully saturated rings. The Labute approximate surface area is 204 Å². The third-order valence-corrected chi connectivity index (χ3v) is 7.43. The number of benzene rings is 2. The Morgan fingerprint density at radius 1 is 1.29 bits per heavy atom. The van der Waals surface area contributed by atoms with E-state index in [0.29, 0.717) is 17.7 Å². The van der Waals surface area contributed by atoms with E-state index in [0.717, 1.165) is 22.5 Å². The number of nitriles is 1. The van der Waals surface area contributed by atoms with E-state index in [4.69, 9.17) is 14.8 Å². The minimum Gasteiger partial charge on any atom is -0.468 e. The smallest absolute Gasteiger partial charge is 0.326 e. The van der Waals surface area contributed by atoms with Gasteiger partial charge in [0, 0.05) is 20.0 Å². The van der Waals surface area contributed by atoms with E-state index in [1.165, 1.54) is 19.2 Å². The fraction of sp³-hybridized carbons (Fsp3) is 0.333. The lowest BCUT2D eigenvalue weighted by Gasteiger charge is -2.26. The maximum absolute atomic E-state index is 13.0. The van der Waals surface area contributed by atoms with Gasteiger partial charge in [0.2, 0.25) is 15.9 Å². The highest BCUT2D eigenvalue weighted by molar-refractivity contribution is 7.89. The average Bonchev–Trinajstić information content (AvgIpc) is 3.32. The minimum absolute atomic E-state index is 0.0343. The van der Waals surface area contributed by atoms with Crippen molar-refractivity contribution in [1.29, 1.82) is 5.26 Å². The summed E-state index contributed by atoms with van der Waals surface area (Å²) < 4.78 is 31.7. The summed E-state index contributed by atoms with van der Waals surface area (Å²) in [5.74, 6) is -1.23. The van der Waals surface area contributed by atoms with Crippen molar-refractivity contribution in [3.8, 4) is 6.07 Å². The maximum Gasteiger partial charge on any atom is 0.326 e. The SMILES string of the molecule is COC(=O)[C@H](CNC(=O)C[C@H]1CC(c2ccc(C#N)cc2)=NO1)N(C)S(=O)(=O)c1cccc(C)c1. The minimum atomic E-state index is -4.01. The van der Waals surface area contributed by atoms with Gasteiger partial charge in [0.25, 0.3) is 0 Å². The Kier molecular flexibility index (Phi) is 8.22. The van der Waals surface area contributed by atoms with E-state index >= 15 is 0 Å². The number of hydrogen-bond acceptors (Lipinski definition) is 8. The molecule has 0 saturated heterocycles. The predicted octanol–water partition coefficient (Wildman–Crippen LogP) is 1.73. The molecular weight excluding hydrogens is 472 g/mol. The summed E-state index contributed by atoms with van der Waals surface area (Å²) in [5.41, 5.74) is 2.73. The average molecular weight is 499 g/mol. The van der Waals surface area contributed by atoms with Gasteiger partial charge in [0.15, 0.2) is 0 Å². The second-order valence-corrected chi connectivity index (χ2v) is 10.0. The first kappa shape index (κ1) is 25.9. The van der Waals surface area contributed by atoms with Crippen LogP contribution in [0.15, 0.2) is 58.6 Å².